The molecule has 6 nitrogen and oxygen atoms in total. The molecule has 0 aliphatic carbocycles. The van der Waals surface area contributed by atoms with E-state index in [4.69, 9.17) is 23.7 Å². The first-order valence-electron chi connectivity index (χ1n) is 10.3. The van der Waals surface area contributed by atoms with Gasteiger partial charge in [0.25, 0.3) is 0 Å². The minimum absolute atomic E-state index is 0.000801. The van der Waals surface area contributed by atoms with Crippen molar-refractivity contribution >= 4 is 5.78 Å². The molecular formula is C26H28O6. The van der Waals surface area contributed by atoms with E-state index in [1.165, 1.54) is 6.92 Å². The number of rotatable bonds is 10. The number of Topliss-reactive ketones (excluding diaryl/α,β-unsaturated/α-hetero) is 1. The van der Waals surface area contributed by atoms with E-state index in [1.54, 1.807) is 45.6 Å². The second kappa shape index (κ2) is 10.6. The van der Waals surface area contributed by atoms with Gasteiger partial charge in [-0.2, -0.15) is 0 Å². The van der Waals surface area contributed by atoms with Crippen LogP contribution >= 0.6 is 0 Å². The summed E-state index contributed by atoms with van der Waals surface area (Å²) in [7, 11) is 4.79. The predicted molar refractivity (Wildman–Crippen MR) is 122 cm³/mol. The quantitative estimate of drug-likeness (QED) is 0.391. The van der Waals surface area contributed by atoms with E-state index < -0.39 is 12.2 Å². The van der Waals surface area contributed by atoms with Gasteiger partial charge in [0.05, 0.1) is 21.3 Å². The minimum atomic E-state index is -0.483. The minimum Gasteiger partial charge on any atom is -0.493 e. The lowest BCUT2D eigenvalue weighted by Crippen LogP contribution is -2.27. The van der Waals surface area contributed by atoms with E-state index >= 15 is 0 Å². The number of ketones is 1. The molecule has 0 radical (unpaired) electrons. The van der Waals surface area contributed by atoms with Gasteiger partial charge in [-0.05, 0) is 62.4 Å². The van der Waals surface area contributed by atoms with Crippen LogP contribution in [0.2, 0.25) is 0 Å². The summed E-state index contributed by atoms with van der Waals surface area (Å²) in [5.74, 6) is 3.08. The lowest BCUT2D eigenvalue weighted by Gasteiger charge is -2.27. The Balaban J connectivity index is 1.95. The van der Waals surface area contributed by atoms with Crippen molar-refractivity contribution in [3.05, 3.63) is 77.9 Å². The maximum Gasteiger partial charge on any atom is 0.161 e. The fourth-order valence-corrected chi connectivity index (χ4v) is 3.36. The van der Waals surface area contributed by atoms with Crippen molar-refractivity contribution in [2.24, 2.45) is 0 Å². The molecule has 2 atom stereocenters. The topological polar surface area (TPSA) is 63.2 Å². The standard InChI is InChI=1S/C26H28O6/c1-17(27)19-10-13-21(14-11-19)32-26(20-12-15-23(29-4)25(16-20)30-5)18(2)31-24-9-7-6-8-22(24)28-3/h6-16,18,26H,1-5H3. The van der Waals surface area contributed by atoms with Crippen molar-refractivity contribution in [2.45, 2.75) is 26.1 Å². The zero-order valence-electron chi connectivity index (χ0n) is 19.0. The maximum atomic E-state index is 11.6. The van der Waals surface area contributed by atoms with Crippen LogP contribution in [0.1, 0.15) is 35.9 Å². The molecule has 0 amide bonds. The second-order valence-corrected chi connectivity index (χ2v) is 7.21. The summed E-state index contributed by atoms with van der Waals surface area (Å²) in [5, 5.41) is 0. The van der Waals surface area contributed by atoms with Crippen LogP contribution in [-0.2, 0) is 0 Å². The number of hydrogen-bond donors (Lipinski definition) is 0. The molecule has 0 aromatic heterocycles. The third kappa shape index (κ3) is 5.32. The SMILES string of the molecule is COc1ccc(C(Oc2ccc(C(C)=O)cc2)C(C)Oc2ccccc2OC)cc1OC. The molecule has 3 aromatic carbocycles. The van der Waals surface area contributed by atoms with Crippen LogP contribution < -0.4 is 23.7 Å². The van der Waals surface area contributed by atoms with E-state index in [0.29, 0.717) is 34.3 Å². The number of ether oxygens (including phenoxy) is 5. The first-order valence-corrected chi connectivity index (χ1v) is 10.3. The van der Waals surface area contributed by atoms with Gasteiger partial charge in [-0.1, -0.05) is 18.2 Å². The van der Waals surface area contributed by atoms with Crippen LogP contribution in [-0.4, -0.2) is 33.2 Å². The molecule has 32 heavy (non-hydrogen) atoms. The molecule has 168 valence electrons. The molecule has 0 aliphatic rings. The number of carbonyl (C=O) groups excluding carboxylic acids is 1. The third-order valence-corrected chi connectivity index (χ3v) is 5.07. The lowest BCUT2D eigenvalue weighted by atomic mass is 10.0. The van der Waals surface area contributed by atoms with Gasteiger partial charge in [0.2, 0.25) is 0 Å². The summed E-state index contributed by atoms with van der Waals surface area (Å²) in [6.45, 7) is 3.46. The Labute approximate surface area is 188 Å². The van der Waals surface area contributed by atoms with Crippen molar-refractivity contribution < 1.29 is 28.5 Å². The Morgan fingerprint density at radius 3 is 1.91 bits per heavy atom. The lowest BCUT2D eigenvalue weighted by molar-refractivity contribution is 0.0630. The zero-order chi connectivity index (χ0) is 23.1. The van der Waals surface area contributed by atoms with Crippen molar-refractivity contribution in [3.8, 4) is 28.7 Å². The van der Waals surface area contributed by atoms with E-state index in [0.717, 1.165) is 5.56 Å². The molecule has 0 spiro atoms. The second-order valence-electron chi connectivity index (χ2n) is 7.21. The maximum absolute atomic E-state index is 11.6. The Bertz CT molecular complexity index is 1040. The van der Waals surface area contributed by atoms with Gasteiger partial charge < -0.3 is 23.7 Å². The molecule has 0 saturated carbocycles. The zero-order valence-corrected chi connectivity index (χ0v) is 19.0. The van der Waals surface area contributed by atoms with Gasteiger partial charge in [0.1, 0.15) is 11.9 Å². The average molecular weight is 437 g/mol. The van der Waals surface area contributed by atoms with Gasteiger partial charge in [-0.15, -0.1) is 0 Å². The molecule has 0 fully saturated rings. The molecule has 0 saturated heterocycles. The highest BCUT2D eigenvalue weighted by atomic mass is 16.6. The molecular weight excluding hydrogens is 408 g/mol. The van der Waals surface area contributed by atoms with E-state index in [2.05, 4.69) is 0 Å². The summed E-state index contributed by atoms with van der Waals surface area (Å²) in [4.78, 5) is 11.6. The van der Waals surface area contributed by atoms with Crippen molar-refractivity contribution in [1.82, 2.24) is 0 Å². The summed E-state index contributed by atoms with van der Waals surface area (Å²) >= 11 is 0. The Hall–Kier alpha value is -3.67. The van der Waals surface area contributed by atoms with Gasteiger partial charge in [0.15, 0.2) is 34.9 Å². The van der Waals surface area contributed by atoms with Crippen molar-refractivity contribution in [1.29, 1.82) is 0 Å². The van der Waals surface area contributed by atoms with E-state index in [-0.39, 0.29) is 5.78 Å². The Morgan fingerprint density at radius 2 is 1.31 bits per heavy atom. The molecule has 2 unspecified atom stereocenters. The summed E-state index contributed by atoms with van der Waals surface area (Å²) < 4.78 is 28.8. The largest absolute Gasteiger partial charge is 0.493 e. The van der Waals surface area contributed by atoms with Crippen molar-refractivity contribution in [2.75, 3.05) is 21.3 Å². The number of benzene rings is 3. The van der Waals surface area contributed by atoms with Crippen LogP contribution in [0.4, 0.5) is 0 Å². The van der Waals surface area contributed by atoms with Crippen LogP contribution in [0.3, 0.4) is 0 Å². The van der Waals surface area contributed by atoms with E-state index in [1.807, 2.05) is 49.4 Å². The van der Waals surface area contributed by atoms with Gasteiger partial charge in [-0.3, -0.25) is 4.79 Å². The first-order chi connectivity index (χ1) is 15.5. The summed E-state index contributed by atoms with van der Waals surface area (Å²) in [6, 6.07) is 20.1. The Morgan fingerprint density at radius 1 is 0.719 bits per heavy atom. The number of para-hydroxylation sites is 2. The fraction of sp³-hybridized carbons (Fsp3) is 0.269. The van der Waals surface area contributed by atoms with Crippen LogP contribution in [0.15, 0.2) is 66.7 Å². The summed E-state index contributed by atoms with van der Waals surface area (Å²) in [6.07, 6.45) is -0.875. The number of carbonyl (C=O) groups is 1. The third-order valence-electron chi connectivity index (χ3n) is 5.07. The van der Waals surface area contributed by atoms with Crippen molar-refractivity contribution in [3.63, 3.8) is 0 Å². The van der Waals surface area contributed by atoms with Gasteiger partial charge in [0, 0.05) is 11.1 Å². The first kappa shape index (κ1) is 23.0. The summed E-state index contributed by atoms with van der Waals surface area (Å²) in [5.41, 5.74) is 1.47. The highest BCUT2D eigenvalue weighted by Gasteiger charge is 2.26. The van der Waals surface area contributed by atoms with E-state index in [9.17, 15) is 4.79 Å². The molecule has 3 aromatic rings. The molecule has 6 heteroatoms. The number of hydrogen-bond acceptors (Lipinski definition) is 6. The highest BCUT2D eigenvalue weighted by molar-refractivity contribution is 5.94. The van der Waals surface area contributed by atoms with Crippen LogP contribution in [0.5, 0.6) is 28.7 Å². The molecule has 3 rings (SSSR count). The normalized spacial score (nSPS) is 12.4. The monoisotopic (exact) mass is 436 g/mol. The molecule has 0 aliphatic heterocycles. The van der Waals surface area contributed by atoms with Gasteiger partial charge in [-0.25, -0.2) is 0 Å². The molecule has 0 heterocycles. The fourth-order valence-electron chi connectivity index (χ4n) is 3.36. The van der Waals surface area contributed by atoms with Crippen LogP contribution in [0.25, 0.3) is 0 Å². The van der Waals surface area contributed by atoms with Crippen LogP contribution in [0, 0.1) is 0 Å². The highest BCUT2D eigenvalue weighted by Crippen LogP contribution is 2.36. The Kier molecular flexibility index (Phi) is 7.60. The average Bonchev–Trinajstić information content (AvgIpc) is 2.82. The number of methoxy groups -OCH3 is 3. The van der Waals surface area contributed by atoms with Gasteiger partial charge >= 0.3 is 0 Å². The molecule has 0 N–H and O–H groups in total. The molecule has 0 bridgehead atoms. The predicted octanol–water partition coefficient (Wildman–Crippen LogP) is 5.50. The smallest absolute Gasteiger partial charge is 0.161 e.